The molecule has 256 valence electrons. The number of rotatable bonds is 5. The molecule has 0 bridgehead atoms. The van der Waals surface area contributed by atoms with E-state index in [-0.39, 0.29) is 16.6 Å². The Bertz CT molecular complexity index is 2460. The molecule has 2 aromatic heterocycles. The van der Waals surface area contributed by atoms with Crippen LogP contribution in [0.25, 0.3) is 72.8 Å². The Morgan fingerprint density at radius 1 is 0.442 bits per heavy atom. The summed E-state index contributed by atoms with van der Waals surface area (Å²) in [6, 6.07) is 46.7. The molecule has 6 aromatic carbocycles. The predicted octanol–water partition coefficient (Wildman–Crippen LogP) is 12.4. The smallest absolute Gasteiger partial charge is 0.166 e. The number of nitrogens with zero attached hydrogens (tertiary/aromatic N) is 4. The number of benzene rings is 6. The van der Waals surface area contributed by atoms with E-state index in [9.17, 15) is 4.39 Å². The van der Waals surface area contributed by atoms with Crippen LogP contribution >= 0.6 is 0 Å². The summed E-state index contributed by atoms with van der Waals surface area (Å²) in [5.41, 5.74) is 9.88. The first-order valence-electron chi connectivity index (χ1n) is 17.8. The Kier molecular flexibility index (Phi) is 8.10. The molecule has 0 N–H and O–H groups in total. The highest BCUT2D eigenvalue weighted by molar-refractivity contribution is 6.10. The minimum Gasteiger partial charge on any atom is -0.308 e. The molecule has 0 amide bonds. The minimum absolute atomic E-state index is 0.0285. The van der Waals surface area contributed by atoms with Crippen molar-refractivity contribution >= 4 is 21.8 Å². The molecule has 0 aliphatic heterocycles. The molecule has 0 saturated carbocycles. The first-order valence-corrected chi connectivity index (χ1v) is 17.8. The molecule has 52 heavy (non-hydrogen) atoms. The molecule has 0 fully saturated rings. The Hall–Kier alpha value is -5.94. The molecule has 2 heterocycles. The lowest BCUT2D eigenvalue weighted by atomic mass is 9.85. The summed E-state index contributed by atoms with van der Waals surface area (Å²) >= 11 is 0. The summed E-state index contributed by atoms with van der Waals surface area (Å²) in [5, 5.41) is 2.36. The fourth-order valence-electron chi connectivity index (χ4n) is 6.90. The number of hydrogen-bond acceptors (Lipinski definition) is 3. The van der Waals surface area contributed by atoms with E-state index in [2.05, 4.69) is 94.6 Å². The van der Waals surface area contributed by atoms with Crippen LogP contribution in [0.2, 0.25) is 0 Å². The zero-order chi connectivity index (χ0) is 36.2. The van der Waals surface area contributed by atoms with Crippen LogP contribution in [0.1, 0.15) is 52.7 Å². The third-order valence-electron chi connectivity index (χ3n) is 9.83. The van der Waals surface area contributed by atoms with E-state index >= 15 is 0 Å². The van der Waals surface area contributed by atoms with Gasteiger partial charge in [-0.05, 0) is 81.6 Å². The quantitative estimate of drug-likeness (QED) is 0.182. The van der Waals surface area contributed by atoms with Gasteiger partial charge in [0.15, 0.2) is 17.5 Å². The van der Waals surface area contributed by atoms with Gasteiger partial charge in [-0.2, -0.15) is 0 Å². The van der Waals surface area contributed by atoms with Gasteiger partial charge in [-0.15, -0.1) is 0 Å². The zero-order valence-electron chi connectivity index (χ0n) is 30.4. The maximum absolute atomic E-state index is 14.6. The van der Waals surface area contributed by atoms with Crippen molar-refractivity contribution in [1.82, 2.24) is 19.5 Å². The van der Waals surface area contributed by atoms with Gasteiger partial charge >= 0.3 is 0 Å². The molecule has 0 unspecified atom stereocenters. The van der Waals surface area contributed by atoms with Gasteiger partial charge in [-0.25, -0.2) is 19.3 Å². The summed E-state index contributed by atoms with van der Waals surface area (Å²) < 4.78 is 17.0. The van der Waals surface area contributed by atoms with Gasteiger partial charge in [0.05, 0.1) is 16.7 Å². The first kappa shape index (κ1) is 33.2. The van der Waals surface area contributed by atoms with Crippen LogP contribution in [-0.4, -0.2) is 19.5 Å². The average molecular weight is 681 g/mol. The molecular weight excluding hydrogens is 640 g/mol. The van der Waals surface area contributed by atoms with Crippen molar-refractivity contribution in [2.24, 2.45) is 0 Å². The standard InChI is InChI=1S/C47H41FN4/c1-46(2,3)34-21-24-40-38(28-34)39-29-35(47(4,5)6)22-25-41(39)52(40)42-27-33(32-18-13-19-36(48)26-32)20-23-37(42)45-50-43(30-14-9-7-10-15-30)49-44(51-45)31-16-11-8-12-17-31/h7-29H,1-6H3. The van der Waals surface area contributed by atoms with Crippen molar-refractivity contribution in [2.75, 3.05) is 0 Å². The molecule has 0 spiro atoms. The molecular formula is C47H41FN4. The zero-order valence-corrected chi connectivity index (χ0v) is 30.4. The molecule has 0 atom stereocenters. The minimum atomic E-state index is -0.276. The molecule has 8 rings (SSSR count). The van der Waals surface area contributed by atoms with E-state index < -0.39 is 0 Å². The lowest BCUT2D eigenvalue weighted by molar-refractivity contribution is 0.590. The average Bonchev–Trinajstić information content (AvgIpc) is 3.47. The summed E-state index contributed by atoms with van der Waals surface area (Å²) in [6.45, 7) is 13.5. The molecule has 0 saturated heterocycles. The second kappa shape index (κ2) is 12.7. The lowest BCUT2D eigenvalue weighted by Gasteiger charge is -2.19. The second-order valence-electron chi connectivity index (χ2n) is 15.6. The van der Waals surface area contributed by atoms with E-state index in [1.807, 2.05) is 72.8 Å². The summed E-state index contributed by atoms with van der Waals surface area (Å²) in [7, 11) is 0. The fraction of sp³-hybridized carbons (Fsp3) is 0.170. The summed E-state index contributed by atoms with van der Waals surface area (Å²) in [6.07, 6.45) is 0. The monoisotopic (exact) mass is 680 g/mol. The molecule has 0 aliphatic rings. The summed E-state index contributed by atoms with van der Waals surface area (Å²) in [4.78, 5) is 15.2. The highest BCUT2D eigenvalue weighted by Crippen LogP contribution is 2.41. The van der Waals surface area contributed by atoms with Crippen LogP contribution < -0.4 is 0 Å². The lowest BCUT2D eigenvalue weighted by Crippen LogP contribution is -2.10. The number of hydrogen-bond donors (Lipinski definition) is 0. The van der Waals surface area contributed by atoms with Crippen molar-refractivity contribution in [3.8, 4) is 51.0 Å². The van der Waals surface area contributed by atoms with Gasteiger partial charge in [0.2, 0.25) is 0 Å². The Labute approximate surface area is 304 Å². The Balaban J connectivity index is 1.47. The van der Waals surface area contributed by atoms with Gasteiger partial charge in [0, 0.05) is 27.5 Å². The van der Waals surface area contributed by atoms with Gasteiger partial charge in [0.1, 0.15) is 5.82 Å². The molecule has 0 radical (unpaired) electrons. The van der Waals surface area contributed by atoms with E-state index in [0.717, 1.165) is 44.5 Å². The molecule has 5 heteroatoms. The number of aromatic nitrogens is 4. The van der Waals surface area contributed by atoms with Crippen LogP contribution in [-0.2, 0) is 10.8 Å². The normalized spacial score (nSPS) is 12.1. The Morgan fingerprint density at radius 2 is 0.923 bits per heavy atom. The highest BCUT2D eigenvalue weighted by Gasteiger charge is 2.24. The van der Waals surface area contributed by atoms with Gasteiger partial charge in [-0.3, -0.25) is 0 Å². The van der Waals surface area contributed by atoms with Crippen LogP contribution in [0.4, 0.5) is 4.39 Å². The van der Waals surface area contributed by atoms with E-state index in [1.54, 1.807) is 12.1 Å². The van der Waals surface area contributed by atoms with Crippen LogP contribution in [0.15, 0.2) is 140 Å². The number of fused-ring (bicyclic) bond motifs is 3. The summed E-state index contributed by atoms with van der Waals surface area (Å²) in [5.74, 6) is 1.47. The molecule has 8 aromatic rings. The van der Waals surface area contributed by atoms with Crippen molar-refractivity contribution in [1.29, 1.82) is 0 Å². The number of halogens is 1. The second-order valence-corrected chi connectivity index (χ2v) is 15.6. The van der Waals surface area contributed by atoms with Gasteiger partial charge in [0.25, 0.3) is 0 Å². The van der Waals surface area contributed by atoms with Crippen LogP contribution in [0.5, 0.6) is 0 Å². The van der Waals surface area contributed by atoms with Crippen molar-refractivity contribution in [3.05, 3.63) is 156 Å². The third-order valence-corrected chi connectivity index (χ3v) is 9.83. The maximum Gasteiger partial charge on any atom is 0.166 e. The van der Waals surface area contributed by atoms with Gasteiger partial charge < -0.3 is 4.57 Å². The van der Waals surface area contributed by atoms with Crippen LogP contribution in [0.3, 0.4) is 0 Å². The third kappa shape index (κ3) is 6.17. The van der Waals surface area contributed by atoms with Crippen LogP contribution in [0, 0.1) is 5.82 Å². The van der Waals surface area contributed by atoms with Crippen molar-refractivity contribution in [2.45, 2.75) is 52.4 Å². The van der Waals surface area contributed by atoms with Crippen molar-refractivity contribution < 1.29 is 4.39 Å². The van der Waals surface area contributed by atoms with E-state index in [4.69, 9.17) is 15.0 Å². The fourth-order valence-corrected chi connectivity index (χ4v) is 6.90. The SMILES string of the molecule is CC(C)(C)c1ccc2c(c1)c1cc(C(C)(C)C)ccc1n2-c1cc(-c2cccc(F)c2)ccc1-c1nc(-c2ccccc2)nc(-c2ccccc2)n1. The van der Waals surface area contributed by atoms with Gasteiger partial charge in [-0.1, -0.05) is 133 Å². The maximum atomic E-state index is 14.6. The van der Waals surface area contributed by atoms with Crippen molar-refractivity contribution in [3.63, 3.8) is 0 Å². The van der Waals surface area contributed by atoms with E-state index in [1.165, 1.54) is 28.0 Å². The van der Waals surface area contributed by atoms with E-state index in [0.29, 0.717) is 17.5 Å². The largest absolute Gasteiger partial charge is 0.308 e. The Morgan fingerprint density at radius 3 is 1.42 bits per heavy atom. The first-order chi connectivity index (χ1) is 24.9. The molecule has 0 aliphatic carbocycles. The topological polar surface area (TPSA) is 43.6 Å². The highest BCUT2D eigenvalue weighted by atomic mass is 19.1. The predicted molar refractivity (Wildman–Crippen MR) is 213 cm³/mol. The molecule has 4 nitrogen and oxygen atoms in total.